The summed E-state index contributed by atoms with van der Waals surface area (Å²) in [5.41, 5.74) is -1.41. The fraction of sp³-hybridized carbons (Fsp3) is 0.682. The molecule has 0 aliphatic heterocycles. The highest BCUT2D eigenvalue weighted by atomic mass is 19.2. The van der Waals surface area contributed by atoms with Crippen LogP contribution in [0.3, 0.4) is 0 Å². The van der Waals surface area contributed by atoms with Crippen molar-refractivity contribution in [1.29, 1.82) is 0 Å². The first-order valence-corrected chi connectivity index (χ1v) is 10.9. The zero-order valence-electron chi connectivity index (χ0n) is 19.1. The summed E-state index contributed by atoms with van der Waals surface area (Å²) < 4.78 is 78.6. The Hall–Kier alpha value is -1.94. The molecule has 5 nitrogen and oxygen atoms in total. The normalized spacial score (nSPS) is 12.7. The van der Waals surface area contributed by atoms with Crippen molar-refractivity contribution in [1.82, 2.24) is 5.32 Å². The number of hydrogen-bond donors (Lipinski definition) is 2. The fourth-order valence-corrected chi connectivity index (χ4v) is 3.73. The molecule has 32 heavy (non-hydrogen) atoms. The molecule has 0 aromatic heterocycles. The van der Waals surface area contributed by atoms with E-state index in [1.807, 2.05) is 6.92 Å². The number of ether oxygens (including phenoxy) is 2. The maximum atomic E-state index is 13.8. The third-order valence-corrected chi connectivity index (χ3v) is 5.67. The minimum Gasteiger partial charge on any atom is -0.353 e. The van der Waals surface area contributed by atoms with E-state index in [2.05, 4.69) is 12.2 Å². The van der Waals surface area contributed by atoms with E-state index < -0.39 is 46.6 Å². The first kappa shape index (κ1) is 28.1. The minimum atomic E-state index is -2.29. The molecule has 1 atom stereocenters. The number of anilines is 1. The van der Waals surface area contributed by atoms with Crippen LogP contribution in [0.4, 0.5) is 32.4 Å². The molecule has 10 heteroatoms. The molecule has 0 aliphatic carbocycles. The van der Waals surface area contributed by atoms with Crippen molar-refractivity contribution in [3.05, 3.63) is 29.1 Å². The van der Waals surface area contributed by atoms with Crippen molar-refractivity contribution in [2.45, 2.75) is 71.0 Å². The summed E-state index contributed by atoms with van der Waals surface area (Å²) in [6, 6.07) is -1.11. The number of hydrogen-bond acceptors (Lipinski definition) is 3. The zero-order chi connectivity index (χ0) is 24.3. The number of unbranched alkanes of at least 4 members (excludes halogenated alkanes) is 5. The Kier molecular flexibility index (Phi) is 11.9. The van der Waals surface area contributed by atoms with Gasteiger partial charge < -0.3 is 20.1 Å². The van der Waals surface area contributed by atoms with Gasteiger partial charge in [0, 0.05) is 26.7 Å². The van der Waals surface area contributed by atoms with Crippen molar-refractivity contribution in [2.75, 3.05) is 26.1 Å². The van der Waals surface area contributed by atoms with Crippen LogP contribution in [-0.2, 0) is 9.47 Å². The molecular weight excluding hydrogens is 435 g/mol. The number of carbonyl (C=O) groups is 1. The molecule has 1 unspecified atom stereocenters. The number of benzene rings is 1. The van der Waals surface area contributed by atoms with Gasteiger partial charge in [0.1, 0.15) is 5.69 Å². The highest BCUT2D eigenvalue weighted by Gasteiger charge is 2.37. The Morgan fingerprint density at radius 2 is 1.34 bits per heavy atom. The van der Waals surface area contributed by atoms with E-state index in [0.29, 0.717) is 12.8 Å². The summed E-state index contributed by atoms with van der Waals surface area (Å²) in [4.78, 5) is 12.2. The van der Waals surface area contributed by atoms with Crippen molar-refractivity contribution in [2.24, 2.45) is 5.92 Å². The van der Waals surface area contributed by atoms with Crippen molar-refractivity contribution in [3.63, 3.8) is 0 Å². The van der Waals surface area contributed by atoms with Gasteiger partial charge >= 0.3 is 6.03 Å². The van der Waals surface area contributed by atoms with Gasteiger partial charge in [0.25, 0.3) is 0 Å². The number of urea groups is 1. The smallest absolute Gasteiger partial charge is 0.319 e. The second-order valence-electron chi connectivity index (χ2n) is 7.61. The Bertz CT molecular complexity index is 707. The van der Waals surface area contributed by atoms with Crippen LogP contribution in [0, 0.1) is 35.0 Å². The lowest BCUT2D eigenvalue weighted by molar-refractivity contribution is -0.241. The standard InChI is InChI=1S/C22H33F5N2O3/c1-5-7-8-9-10-11-12-14(22(6-2,31-3)32-4)13-28-21(30)29-20-18(26)16(24)15(23)17(25)19(20)27/h14H,5-13H2,1-4H3,(H2,28,29,30). The lowest BCUT2D eigenvalue weighted by atomic mass is 9.89. The van der Waals surface area contributed by atoms with E-state index in [9.17, 15) is 26.7 Å². The molecule has 1 aromatic carbocycles. The molecule has 0 bridgehead atoms. The molecule has 2 N–H and O–H groups in total. The van der Waals surface area contributed by atoms with Gasteiger partial charge in [0.2, 0.25) is 5.82 Å². The van der Waals surface area contributed by atoms with Gasteiger partial charge in [-0.15, -0.1) is 0 Å². The summed E-state index contributed by atoms with van der Waals surface area (Å²) in [7, 11) is 2.96. The van der Waals surface area contributed by atoms with Gasteiger partial charge in [-0.05, 0) is 12.8 Å². The van der Waals surface area contributed by atoms with Crippen molar-refractivity contribution >= 4 is 11.7 Å². The van der Waals surface area contributed by atoms with Gasteiger partial charge in [-0.1, -0.05) is 52.4 Å². The Morgan fingerprint density at radius 3 is 1.84 bits per heavy atom. The molecule has 0 aliphatic rings. The fourth-order valence-electron chi connectivity index (χ4n) is 3.73. The molecule has 1 rings (SSSR count). The second kappa shape index (κ2) is 13.6. The highest BCUT2D eigenvalue weighted by molar-refractivity contribution is 5.89. The minimum absolute atomic E-state index is 0.00567. The third-order valence-electron chi connectivity index (χ3n) is 5.67. The zero-order valence-corrected chi connectivity index (χ0v) is 19.1. The predicted molar refractivity (Wildman–Crippen MR) is 112 cm³/mol. The molecule has 0 spiro atoms. The molecule has 0 fully saturated rings. The predicted octanol–water partition coefficient (Wildman–Crippen LogP) is 6.27. The molecule has 0 saturated heterocycles. The van der Waals surface area contributed by atoms with Crippen LogP contribution >= 0.6 is 0 Å². The lowest BCUT2D eigenvalue weighted by Crippen LogP contribution is -2.47. The maximum Gasteiger partial charge on any atom is 0.319 e. The number of rotatable bonds is 14. The van der Waals surface area contributed by atoms with E-state index in [0.717, 1.165) is 38.5 Å². The third kappa shape index (κ3) is 7.03. The number of methoxy groups -OCH3 is 2. The van der Waals surface area contributed by atoms with Gasteiger partial charge in [0.15, 0.2) is 29.1 Å². The monoisotopic (exact) mass is 468 g/mol. The highest BCUT2D eigenvalue weighted by Crippen LogP contribution is 2.31. The summed E-state index contributed by atoms with van der Waals surface area (Å²) in [6.07, 6.45) is 7.47. The summed E-state index contributed by atoms with van der Waals surface area (Å²) in [5.74, 6) is -12.1. The summed E-state index contributed by atoms with van der Waals surface area (Å²) in [5, 5.41) is 4.14. The van der Waals surface area contributed by atoms with Crippen LogP contribution < -0.4 is 10.6 Å². The largest absolute Gasteiger partial charge is 0.353 e. The van der Waals surface area contributed by atoms with Crippen LogP contribution in [0.2, 0.25) is 0 Å². The first-order chi connectivity index (χ1) is 15.2. The Labute approximate surface area is 186 Å². The summed E-state index contributed by atoms with van der Waals surface area (Å²) >= 11 is 0. The van der Waals surface area contributed by atoms with Crippen LogP contribution in [-0.4, -0.2) is 32.6 Å². The molecule has 0 radical (unpaired) electrons. The van der Waals surface area contributed by atoms with Crippen LogP contribution in [0.5, 0.6) is 0 Å². The lowest BCUT2D eigenvalue weighted by Gasteiger charge is -2.38. The van der Waals surface area contributed by atoms with Crippen LogP contribution in [0.15, 0.2) is 0 Å². The first-order valence-electron chi connectivity index (χ1n) is 10.9. The maximum absolute atomic E-state index is 13.8. The van der Waals surface area contributed by atoms with Crippen LogP contribution in [0.1, 0.15) is 65.2 Å². The van der Waals surface area contributed by atoms with E-state index in [1.165, 1.54) is 14.2 Å². The number of halogens is 5. The average Bonchev–Trinajstić information content (AvgIpc) is 2.80. The number of carbonyl (C=O) groups excluding carboxylic acids is 1. The summed E-state index contributed by atoms with van der Waals surface area (Å²) in [6.45, 7) is 3.99. The van der Waals surface area contributed by atoms with Crippen molar-refractivity contribution in [3.8, 4) is 0 Å². The Balaban J connectivity index is 2.85. The molecule has 0 heterocycles. The van der Waals surface area contributed by atoms with E-state index in [1.54, 1.807) is 5.32 Å². The molecule has 184 valence electrons. The Morgan fingerprint density at radius 1 is 0.844 bits per heavy atom. The molecule has 0 saturated carbocycles. The molecular formula is C22H33F5N2O3. The SMILES string of the molecule is CCCCCCCCC(CNC(=O)Nc1c(F)c(F)c(F)c(F)c1F)C(CC)(OC)OC. The van der Waals surface area contributed by atoms with Gasteiger partial charge in [-0.3, -0.25) is 0 Å². The van der Waals surface area contributed by atoms with E-state index in [4.69, 9.17) is 9.47 Å². The van der Waals surface area contributed by atoms with E-state index in [-0.39, 0.29) is 12.5 Å². The van der Waals surface area contributed by atoms with Gasteiger partial charge in [-0.25, -0.2) is 26.7 Å². The van der Waals surface area contributed by atoms with Gasteiger partial charge in [-0.2, -0.15) is 0 Å². The average molecular weight is 469 g/mol. The molecule has 2 amide bonds. The van der Waals surface area contributed by atoms with Gasteiger partial charge in [0.05, 0.1) is 0 Å². The van der Waals surface area contributed by atoms with Crippen molar-refractivity contribution < 1.29 is 36.2 Å². The topological polar surface area (TPSA) is 59.6 Å². The molecule has 1 aromatic rings. The number of nitrogens with one attached hydrogen (secondary N) is 2. The second-order valence-corrected chi connectivity index (χ2v) is 7.61. The van der Waals surface area contributed by atoms with E-state index >= 15 is 0 Å². The quantitative estimate of drug-likeness (QED) is 0.111. The van der Waals surface area contributed by atoms with Crippen LogP contribution in [0.25, 0.3) is 0 Å². The number of amides is 2.